The fraction of sp³-hybridized carbons (Fsp3) is 1.00. The Morgan fingerprint density at radius 1 is 0.533 bits per heavy atom. The fourth-order valence-corrected chi connectivity index (χ4v) is 5.00. The summed E-state index contributed by atoms with van der Waals surface area (Å²) in [5.74, 6) is 0.0357. The molecule has 2 nitrogen and oxygen atoms in total. The summed E-state index contributed by atoms with van der Waals surface area (Å²) >= 11 is 0. The summed E-state index contributed by atoms with van der Waals surface area (Å²) in [4.78, 5) is 0. The van der Waals surface area contributed by atoms with Gasteiger partial charge in [0.15, 0.2) is 5.79 Å². The van der Waals surface area contributed by atoms with E-state index in [1.54, 1.807) is 0 Å². The lowest BCUT2D eigenvalue weighted by Gasteiger charge is -2.46. The van der Waals surface area contributed by atoms with Gasteiger partial charge in [0.05, 0.1) is 0 Å². The Hall–Kier alpha value is -0.0800. The number of rotatable bonds is 21. The molecule has 1 atom stereocenters. The van der Waals surface area contributed by atoms with Crippen molar-refractivity contribution in [2.75, 3.05) is 13.2 Å². The van der Waals surface area contributed by atoms with Gasteiger partial charge in [-0.15, -0.1) is 0 Å². The van der Waals surface area contributed by atoms with Crippen molar-refractivity contribution in [2.45, 2.75) is 157 Å². The molecule has 0 saturated heterocycles. The first kappa shape index (κ1) is 29.9. The van der Waals surface area contributed by atoms with Crippen LogP contribution in [0.25, 0.3) is 0 Å². The van der Waals surface area contributed by atoms with E-state index in [-0.39, 0.29) is 5.41 Å². The molecular weight excluding hydrogens is 368 g/mol. The van der Waals surface area contributed by atoms with Crippen LogP contribution in [0.3, 0.4) is 0 Å². The first-order valence-electron chi connectivity index (χ1n) is 13.7. The van der Waals surface area contributed by atoms with Gasteiger partial charge in [-0.05, 0) is 32.1 Å². The van der Waals surface area contributed by atoms with Crippen molar-refractivity contribution in [1.82, 2.24) is 0 Å². The van der Waals surface area contributed by atoms with Crippen LogP contribution in [0.4, 0.5) is 0 Å². The lowest BCUT2D eigenvalue weighted by molar-refractivity contribution is -0.285. The molecule has 0 aliphatic rings. The highest BCUT2D eigenvalue weighted by atomic mass is 16.7. The van der Waals surface area contributed by atoms with Gasteiger partial charge in [-0.2, -0.15) is 0 Å². The second-order valence-corrected chi connectivity index (χ2v) is 10.4. The quantitative estimate of drug-likeness (QED) is 0.134. The van der Waals surface area contributed by atoms with Crippen LogP contribution in [0.5, 0.6) is 0 Å². The highest BCUT2D eigenvalue weighted by Gasteiger charge is 2.45. The Morgan fingerprint density at radius 3 is 1.33 bits per heavy atom. The zero-order valence-corrected chi connectivity index (χ0v) is 22.1. The molecule has 0 saturated carbocycles. The second kappa shape index (κ2) is 18.5. The smallest absolute Gasteiger partial charge is 0.171 e. The van der Waals surface area contributed by atoms with Gasteiger partial charge >= 0.3 is 0 Å². The summed E-state index contributed by atoms with van der Waals surface area (Å²) in [6, 6.07) is 0. The van der Waals surface area contributed by atoms with E-state index in [0.29, 0.717) is 5.92 Å². The number of hydrogen-bond acceptors (Lipinski definition) is 2. The lowest BCUT2D eigenvalue weighted by Crippen LogP contribution is -2.49. The minimum absolute atomic E-state index is 0.188. The van der Waals surface area contributed by atoms with E-state index in [2.05, 4.69) is 48.5 Å². The Balaban J connectivity index is 4.87. The van der Waals surface area contributed by atoms with E-state index in [0.717, 1.165) is 19.6 Å². The molecule has 0 heterocycles. The Kier molecular flexibility index (Phi) is 18.4. The SMILES string of the molecule is CCCCCCCCCCC(OCC)(OCC)C(CCCCCCCC)C(C)(C)C. The molecule has 0 aromatic rings. The minimum Gasteiger partial charge on any atom is -0.350 e. The zero-order chi connectivity index (χ0) is 22.7. The third kappa shape index (κ3) is 13.4. The molecule has 2 heteroatoms. The van der Waals surface area contributed by atoms with Crippen LogP contribution >= 0.6 is 0 Å². The van der Waals surface area contributed by atoms with E-state index < -0.39 is 5.79 Å². The summed E-state index contributed by atoms with van der Waals surface area (Å²) in [6.07, 6.45) is 21.2. The number of unbranched alkanes of at least 4 members (excludes halogenated alkanes) is 12. The maximum absolute atomic E-state index is 6.49. The van der Waals surface area contributed by atoms with Gasteiger partial charge < -0.3 is 9.47 Å². The topological polar surface area (TPSA) is 18.5 Å². The predicted octanol–water partition coefficient (Wildman–Crippen LogP) is 9.70. The molecule has 0 rings (SSSR count). The molecule has 0 aromatic carbocycles. The first-order valence-corrected chi connectivity index (χ1v) is 13.7. The van der Waals surface area contributed by atoms with Crippen molar-refractivity contribution in [3.63, 3.8) is 0 Å². The number of ether oxygens (including phenoxy) is 2. The largest absolute Gasteiger partial charge is 0.350 e. The minimum atomic E-state index is -0.409. The van der Waals surface area contributed by atoms with Crippen LogP contribution in [-0.4, -0.2) is 19.0 Å². The van der Waals surface area contributed by atoms with Gasteiger partial charge in [0.25, 0.3) is 0 Å². The lowest BCUT2D eigenvalue weighted by atomic mass is 9.71. The third-order valence-electron chi connectivity index (χ3n) is 6.58. The molecule has 0 N–H and O–H groups in total. The van der Waals surface area contributed by atoms with E-state index in [1.165, 1.54) is 96.3 Å². The molecule has 0 aliphatic heterocycles. The van der Waals surface area contributed by atoms with Crippen molar-refractivity contribution in [3.05, 3.63) is 0 Å². The van der Waals surface area contributed by atoms with Crippen LogP contribution in [0.1, 0.15) is 151 Å². The summed E-state index contributed by atoms with van der Waals surface area (Å²) in [5, 5.41) is 0. The highest BCUT2D eigenvalue weighted by molar-refractivity contribution is 4.88. The average molecular weight is 427 g/mol. The van der Waals surface area contributed by atoms with Crippen LogP contribution < -0.4 is 0 Å². The average Bonchev–Trinajstić information content (AvgIpc) is 2.68. The van der Waals surface area contributed by atoms with Gasteiger partial charge in [-0.1, -0.05) is 118 Å². The van der Waals surface area contributed by atoms with E-state index in [1.807, 2.05) is 0 Å². The van der Waals surface area contributed by atoms with Crippen molar-refractivity contribution in [2.24, 2.45) is 11.3 Å². The van der Waals surface area contributed by atoms with E-state index in [9.17, 15) is 0 Å². The highest BCUT2D eigenvalue weighted by Crippen LogP contribution is 2.44. The predicted molar refractivity (Wildman–Crippen MR) is 134 cm³/mol. The second-order valence-electron chi connectivity index (χ2n) is 10.4. The molecule has 0 fully saturated rings. The van der Waals surface area contributed by atoms with Gasteiger partial charge in [-0.3, -0.25) is 0 Å². The Morgan fingerprint density at radius 2 is 0.933 bits per heavy atom. The number of hydrogen-bond donors (Lipinski definition) is 0. The monoisotopic (exact) mass is 426 g/mol. The summed E-state index contributed by atoms with van der Waals surface area (Å²) in [7, 11) is 0. The zero-order valence-electron chi connectivity index (χ0n) is 22.1. The molecule has 0 bridgehead atoms. The maximum Gasteiger partial charge on any atom is 0.171 e. The van der Waals surface area contributed by atoms with Gasteiger partial charge in [0.1, 0.15) is 0 Å². The standard InChI is InChI=1S/C28H58O2/c1-8-12-14-16-18-19-21-23-25-28(29-10-3,30-11-4)26(27(5,6)7)24-22-20-17-15-13-9-2/h26H,8-25H2,1-7H3. The molecular formula is C28H58O2. The summed E-state index contributed by atoms with van der Waals surface area (Å²) in [6.45, 7) is 17.5. The molecule has 0 radical (unpaired) electrons. The molecule has 0 spiro atoms. The van der Waals surface area contributed by atoms with Crippen LogP contribution in [0, 0.1) is 11.3 Å². The molecule has 0 amide bonds. The normalized spacial score (nSPS) is 13.7. The maximum atomic E-state index is 6.49. The Bertz CT molecular complexity index is 352. The Labute approximate surface area is 191 Å². The molecule has 0 aliphatic carbocycles. The van der Waals surface area contributed by atoms with Crippen molar-refractivity contribution in [3.8, 4) is 0 Å². The van der Waals surface area contributed by atoms with Crippen molar-refractivity contribution < 1.29 is 9.47 Å². The molecule has 0 aromatic heterocycles. The van der Waals surface area contributed by atoms with E-state index >= 15 is 0 Å². The van der Waals surface area contributed by atoms with Crippen LogP contribution in [0.2, 0.25) is 0 Å². The third-order valence-corrected chi connectivity index (χ3v) is 6.58. The van der Waals surface area contributed by atoms with Crippen LogP contribution in [-0.2, 0) is 9.47 Å². The molecule has 30 heavy (non-hydrogen) atoms. The molecule has 182 valence electrons. The van der Waals surface area contributed by atoms with Crippen LogP contribution in [0.15, 0.2) is 0 Å². The fourth-order valence-electron chi connectivity index (χ4n) is 5.00. The van der Waals surface area contributed by atoms with Gasteiger partial charge in [0, 0.05) is 25.6 Å². The van der Waals surface area contributed by atoms with Crippen molar-refractivity contribution >= 4 is 0 Å². The van der Waals surface area contributed by atoms with Gasteiger partial charge in [0.2, 0.25) is 0 Å². The van der Waals surface area contributed by atoms with Gasteiger partial charge in [-0.25, -0.2) is 0 Å². The molecule has 1 unspecified atom stereocenters. The van der Waals surface area contributed by atoms with Crippen molar-refractivity contribution in [1.29, 1.82) is 0 Å². The summed E-state index contributed by atoms with van der Waals surface area (Å²) < 4.78 is 13.0. The van der Waals surface area contributed by atoms with E-state index in [4.69, 9.17) is 9.47 Å². The first-order chi connectivity index (χ1) is 14.4. The summed E-state index contributed by atoms with van der Waals surface area (Å²) in [5.41, 5.74) is 0.188.